The molecule has 0 aromatic rings. The van der Waals surface area contributed by atoms with E-state index in [1.165, 1.54) is 4.90 Å². The minimum Gasteiger partial charge on any atom is -0.360 e. The van der Waals surface area contributed by atoms with Crippen molar-refractivity contribution < 1.29 is 35.0 Å². The Kier molecular flexibility index (Phi) is 3.80. The number of amides is 2. The summed E-state index contributed by atoms with van der Waals surface area (Å²) >= 11 is 0. The van der Waals surface area contributed by atoms with Crippen molar-refractivity contribution in [2.75, 3.05) is 13.1 Å². The molecule has 4 saturated heterocycles. The minimum absolute atomic E-state index is 0.0973. The SMILES string of the molecule is N=C1N[C@H]2C(CN3C(=O)CCC3=O)NC(=N)N3C[C@H](OOO)C(O)(O)[C@]23N1. The molecule has 0 bridgehead atoms. The van der Waals surface area contributed by atoms with Crippen LogP contribution in [0.4, 0.5) is 0 Å². The van der Waals surface area contributed by atoms with Gasteiger partial charge >= 0.3 is 0 Å². The summed E-state index contributed by atoms with van der Waals surface area (Å²) < 4.78 is 0. The van der Waals surface area contributed by atoms with Gasteiger partial charge in [-0.25, -0.2) is 5.26 Å². The zero-order valence-electron chi connectivity index (χ0n) is 13.9. The third-order valence-corrected chi connectivity index (χ3v) is 5.54. The van der Waals surface area contributed by atoms with Crippen LogP contribution in [0.3, 0.4) is 0 Å². The number of rotatable bonds is 4. The molecule has 0 aliphatic carbocycles. The number of aliphatic hydroxyl groups is 2. The molecule has 1 unspecified atom stereocenters. The van der Waals surface area contributed by atoms with Crippen molar-refractivity contribution in [1.82, 2.24) is 25.8 Å². The average Bonchev–Trinajstić information content (AvgIpc) is 3.18. The lowest BCUT2D eigenvalue weighted by molar-refractivity contribution is -0.522. The van der Waals surface area contributed by atoms with E-state index in [0.29, 0.717) is 0 Å². The Balaban J connectivity index is 1.71. The van der Waals surface area contributed by atoms with Crippen LogP contribution in [0.1, 0.15) is 12.8 Å². The van der Waals surface area contributed by atoms with Gasteiger partial charge in [-0.2, -0.15) is 4.89 Å². The van der Waals surface area contributed by atoms with Crippen LogP contribution in [0.5, 0.6) is 0 Å². The monoisotopic (exact) mass is 385 g/mol. The van der Waals surface area contributed by atoms with Crippen LogP contribution < -0.4 is 16.0 Å². The molecule has 8 N–H and O–H groups in total. The first kappa shape index (κ1) is 17.9. The van der Waals surface area contributed by atoms with Crippen LogP contribution in [-0.2, 0) is 19.5 Å². The molecule has 4 atom stereocenters. The van der Waals surface area contributed by atoms with E-state index in [9.17, 15) is 19.8 Å². The highest BCUT2D eigenvalue weighted by Crippen LogP contribution is 2.44. The number of guanidine groups is 2. The van der Waals surface area contributed by atoms with Gasteiger partial charge < -0.3 is 31.1 Å². The summed E-state index contributed by atoms with van der Waals surface area (Å²) in [6.07, 6.45) is -1.29. The summed E-state index contributed by atoms with van der Waals surface area (Å²) in [7, 11) is 0. The number of hydrogen-bond donors (Lipinski definition) is 8. The van der Waals surface area contributed by atoms with Gasteiger partial charge in [0.2, 0.25) is 17.6 Å². The van der Waals surface area contributed by atoms with Crippen molar-refractivity contribution in [3.05, 3.63) is 0 Å². The van der Waals surface area contributed by atoms with E-state index in [4.69, 9.17) is 16.1 Å². The number of carbonyl (C=O) groups is 2. The maximum Gasteiger partial charge on any atom is 0.240 e. The van der Waals surface area contributed by atoms with Gasteiger partial charge in [-0.15, -0.1) is 0 Å². The largest absolute Gasteiger partial charge is 0.360 e. The average molecular weight is 385 g/mol. The molecular formula is C13H19N7O7. The fourth-order valence-electron chi connectivity index (χ4n) is 4.32. The zero-order chi connectivity index (χ0) is 19.6. The fraction of sp³-hybridized carbons (Fsp3) is 0.692. The Labute approximate surface area is 151 Å². The highest BCUT2D eigenvalue weighted by atomic mass is 17.5. The molecule has 148 valence electrons. The minimum atomic E-state index is -2.71. The summed E-state index contributed by atoms with van der Waals surface area (Å²) in [5, 5.41) is 58.1. The van der Waals surface area contributed by atoms with Crippen molar-refractivity contribution in [3.63, 3.8) is 0 Å². The van der Waals surface area contributed by atoms with E-state index in [1.54, 1.807) is 0 Å². The molecule has 4 heterocycles. The Morgan fingerprint density at radius 2 is 1.85 bits per heavy atom. The second-order valence-electron chi connectivity index (χ2n) is 6.88. The Morgan fingerprint density at radius 1 is 1.19 bits per heavy atom. The molecule has 2 amide bonds. The standard InChI is InChI=1S/C13H19N7O7/c14-10-17-9-5(3-19-7(21)1-2-8(19)22)16-11(15)20-4-6(26-27-25)13(23,24)12(9,20)18-10/h5-6,9,23-25H,1-4H2,(H2,15,16)(H3,14,17,18)/t5?,6-,9-,12-/m0/s1. The van der Waals surface area contributed by atoms with E-state index in [0.717, 1.165) is 4.90 Å². The van der Waals surface area contributed by atoms with Crippen LogP contribution in [0, 0.1) is 10.8 Å². The second kappa shape index (κ2) is 5.74. The molecule has 14 nitrogen and oxygen atoms in total. The summed E-state index contributed by atoms with van der Waals surface area (Å²) in [6, 6.07) is -1.75. The predicted molar refractivity (Wildman–Crippen MR) is 83.6 cm³/mol. The lowest BCUT2D eigenvalue weighted by Gasteiger charge is -2.51. The van der Waals surface area contributed by atoms with Gasteiger partial charge in [-0.3, -0.25) is 25.3 Å². The third-order valence-electron chi connectivity index (χ3n) is 5.54. The van der Waals surface area contributed by atoms with Crippen molar-refractivity contribution in [1.29, 1.82) is 10.8 Å². The van der Waals surface area contributed by atoms with Crippen molar-refractivity contribution in [2.24, 2.45) is 0 Å². The van der Waals surface area contributed by atoms with Crippen molar-refractivity contribution >= 4 is 23.7 Å². The molecule has 4 aliphatic heterocycles. The van der Waals surface area contributed by atoms with Gasteiger partial charge in [0.25, 0.3) is 0 Å². The molecule has 0 aromatic heterocycles. The van der Waals surface area contributed by atoms with Crippen molar-refractivity contribution in [3.8, 4) is 0 Å². The van der Waals surface area contributed by atoms with Gasteiger partial charge in [0.05, 0.1) is 25.2 Å². The number of hydrogen-bond acceptors (Lipinski definition) is 9. The summed E-state index contributed by atoms with van der Waals surface area (Å²) in [5.74, 6) is -3.90. The maximum absolute atomic E-state index is 12.0. The van der Waals surface area contributed by atoms with Crippen molar-refractivity contribution in [2.45, 2.75) is 42.5 Å². The van der Waals surface area contributed by atoms with E-state index >= 15 is 0 Å². The first-order chi connectivity index (χ1) is 12.7. The number of imide groups is 1. The van der Waals surface area contributed by atoms with E-state index < -0.39 is 29.6 Å². The molecule has 0 radical (unpaired) electrons. The first-order valence-electron chi connectivity index (χ1n) is 8.23. The zero-order valence-corrected chi connectivity index (χ0v) is 13.9. The van der Waals surface area contributed by atoms with Crippen LogP contribution in [-0.4, -0.2) is 91.7 Å². The lowest BCUT2D eigenvalue weighted by Crippen LogP contribution is -2.81. The topological polar surface area (TPSA) is 204 Å². The molecular weight excluding hydrogens is 366 g/mol. The van der Waals surface area contributed by atoms with Crippen LogP contribution in [0.25, 0.3) is 0 Å². The van der Waals surface area contributed by atoms with Gasteiger partial charge in [0.15, 0.2) is 23.7 Å². The van der Waals surface area contributed by atoms with Gasteiger partial charge in [0, 0.05) is 12.8 Å². The lowest BCUT2D eigenvalue weighted by atomic mass is 9.85. The fourth-order valence-corrected chi connectivity index (χ4v) is 4.32. The molecule has 14 heteroatoms. The van der Waals surface area contributed by atoms with Crippen LogP contribution in [0.2, 0.25) is 0 Å². The van der Waals surface area contributed by atoms with Crippen LogP contribution in [0.15, 0.2) is 0 Å². The number of likely N-dealkylation sites (tertiary alicyclic amines) is 1. The normalized spacial score (nSPS) is 37.1. The van der Waals surface area contributed by atoms with E-state index in [2.05, 4.69) is 25.9 Å². The maximum atomic E-state index is 12.0. The molecule has 4 aliphatic rings. The number of nitrogens with one attached hydrogen (secondary N) is 5. The number of carbonyl (C=O) groups excluding carboxylic acids is 2. The third kappa shape index (κ3) is 2.24. The summed E-state index contributed by atoms with van der Waals surface area (Å²) in [6.45, 7) is -0.382. The van der Waals surface area contributed by atoms with E-state index in [-0.39, 0.29) is 49.7 Å². The van der Waals surface area contributed by atoms with Gasteiger partial charge in [0.1, 0.15) is 0 Å². The van der Waals surface area contributed by atoms with Gasteiger partial charge in [-0.05, 0) is 0 Å². The Hall–Kier alpha value is -2.52. The number of nitrogens with zero attached hydrogens (tertiary/aromatic N) is 2. The smallest absolute Gasteiger partial charge is 0.240 e. The summed E-state index contributed by atoms with van der Waals surface area (Å²) in [5.41, 5.74) is -1.83. The predicted octanol–water partition coefficient (Wildman–Crippen LogP) is -3.98. The van der Waals surface area contributed by atoms with E-state index in [1.807, 2.05) is 0 Å². The Morgan fingerprint density at radius 3 is 2.48 bits per heavy atom. The molecule has 4 fully saturated rings. The molecule has 27 heavy (non-hydrogen) atoms. The highest BCUT2D eigenvalue weighted by molar-refractivity contribution is 6.02. The van der Waals surface area contributed by atoms with Crippen LogP contribution >= 0.6 is 0 Å². The Bertz CT molecular complexity index is 714. The highest BCUT2D eigenvalue weighted by Gasteiger charge is 2.75. The molecule has 4 rings (SSSR count). The summed E-state index contributed by atoms with van der Waals surface area (Å²) in [4.78, 5) is 30.7. The molecule has 0 aromatic carbocycles. The molecule has 0 saturated carbocycles. The second-order valence-corrected chi connectivity index (χ2v) is 6.88. The van der Waals surface area contributed by atoms with Gasteiger partial charge in [-0.1, -0.05) is 5.04 Å². The molecule has 1 spiro atoms. The first-order valence-corrected chi connectivity index (χ1v) is 8.23. The quantitative estimate of drug-likeness (QED) is 0.101.